The molecule has 0 N–H and O–H groups in total. The van der Waals surface area contributed by atoms with Crippen LogP contribution in [0.1, 0.15) is 31.2 Å². The Morgan fingerprint density at radius 2 is 2.10 bits per heavy atom. The van der Waals surface area contributed by atoms with Gasteiger partial charge in [0.2, 0.25) is 5.91 Å². The predicted molar refractivity (Wildman–Crippen MR) is 80.6 cm³/mol. The van der Waals surface area contributed by atoms with Crippen molar-refractivity contribution in [1.29, 1.82) is 0 Å². The number of rotatable bonds is 7. The summed E-state index contributed by atoms with van der Waals surface area (Å²) in [5.74, 6) is 0.852. The van der Waals surface area contributed by atoms with Crippen molar-refractivity contribution >= 4 is 5.91 Å². The van der Waals surface area contributed by atoms with Crippen LogP contribution in [0.2, 0.25) is 0 Å². The Labute approximate surface area is 121 Å². The molecule has 0 bridgehead atoms. The first kappa shape index (κ1) is 15.0. The van der Waals surface area contributed by atoms with E-state index in [9.17, 15) is 4.79 Å². The second kappa shape index (κ2) is 8.05. The molecule has 1 amide bonds. The molecule has 0 spiro atoms. The number of hydrogen-bond acceptors (Lipinski definition) is 2. The fourth-order valence-electron chi connectivity index (χ4n) is 2.84. The monoisotopic (exact) mass is 275 g/mol. The van der Waals surface area contributed by atoms with Gasteiger partial charge in [0.15, 0.2) is 0 Å². The van der Waals surface area contributed by atoms with Crippen molar-refractivity contribution in [3.63, 3.8) is 0 Å². The second-order valence-electron chi connectivity index (χ2n) is 5.64. The van der Waals surface area contributed by atoms with Crippen LogP contribution in [0.5, 0.6) is 0 Å². The van der Waals surface area contributed by atoms with Gasteiger partial charge in [0.25, 0.3) is 0 Å². The number of aryl methyl sites for hydroxylation is 1. The molecule has 0 aromatic heterocycles. The molecule has 1 unspecified atom stereocenters. The average molecular weight is 275 g/mol. The maximum Gasteiger partial charge on any atom is 0.222 e. The normalized spacial score (nSPS) is 18.4. The van der Waals surface area contributed by atoms with Crippen molar-refractivity contribution in [3.05, 3.63) is 35.9 Å². The number of hydrogen-bond donors (Lipinski definition) is 0. The molecule has 110 valence electrons. The highest BCUT2D eigenvalue weighted by atomic mass is 16.5. The number of carbonyl (C=O) groups excluding carboxylic acids is 1. The van der Waals surface area contributed by atoms with Gasteiger partial charge < -0.3 is 9.64 Å². The molecular formula is C17H25NO2. The second-order valence-corrected chi connectivity index (χ2v) is 5.64. The van der Waals surface area contributed by atoms with Crippen LogP contribution in [-0.2, 0) is 16.0 Å². The minimum Gasteiger partial charge on any atom is -0.384 e. The third-order valence-corrected chi connectivity index (χ3v) is 3.99. The molecule has 0 saturated carbocycles. The number of carbonyl (C=O) groups is 1. The summed E-state index contributed by atoms with van der Waals surface area (Å²) in [5.41, 5.74) is 1.36. The van der Waals surface area contributed by atoms with E-state index in [0.717, 1.165) is 45.4 Å². The molecule has 1 aliphatic heterocycles. The number of methoxy groups -OCH3 is 1. The highest BCUT2D eigenvalue weighted by Gasteiger charge is 2.25. The minimum absolute atomic E-state index is 0.316. The van der Waals surface area contributed by atoms with Crippen LogP contribution in [0.15, 0.2) is 30.3 Å². The van der Waals surface area contributed by atoms with E-state index in [0.29, 0.717) is 18.2 Å². The lowest BCUT2D eigenvalue weighted by Crippen LogP contribution is -2.28. The van der Waals surface area contributed by atoms with Gasteiger partial charge in [-0.3, -0.25) is 4.79 Å². The molecule has 1 aromatic carbocycles. The Balaban J connectivity index is 1.61. The molecule has 1 fully saturated rings. The predicted octanol–water partition coefficient (Wildman–Crippen LogP) is 2.89. The Morgan fingerprint density at radius 3 is 2.85 bits per heavy atom. The zero-order valence-electron chi connectivity index (χ0n) is 12.4. The zero-order valence-corrected chi connectivity index (χ0v) is 12.4. The van der Waals surface area contributed by atoms with Crippen molar-refractivity contribution in [1.82, 2.24) is 4.90 Å². The molecule has 1 atom stereocenters. The highest BCUT2D eigenvalue weighted by Crippen LogP contribution is 2.18. The zero-order chi connectivity index (χ0) is 14.2. The SMILES string of the molecule is COCC1CCN(C(=O)CCCCc2ccccc2)C1. The van der Waals surface area contributed by atoms with E-state index < -0.39 is 0 Å². The number of ether oxygens (including phenoxy) is 1. The number of benzene rings is 1. The fraction of sp³-hybridized carbons (Fsp3) is 0.588. The molecule has 3 heteroatoms. The van der Waals surface area contributed by atoms with Gasteiger partial charge in [0.1, 0.15) is 0 Å². The third kappa shape index (κ3) is 4.64. The van der Waals surface area contributed by atoms with E-state index in [1.807, 2.05) is 11.0 Å². The van der Waals surface area contributed by atoms with Gasteiger partial charge in [0.05, 0.1) is 6.61 Å². The Morgan fingerprint density at radius 1 is 1.30 bits per heavy atom. The summed E-state index contributed by atoms with van der Waals surface area (Å²) < 4.78 is 5.16. The number of likely N-dealkylation sites (tertiary alicyclic amines) is 1. The lowest BCUT2D eigenvalue weighted by atomic mass is 10.1. The van der Waals surface area contributed by atoms with E-state index in [-0.39, 0.29) is 0 Å². The summed E-state index contributed by atoms with van der Waals surface area (Å²) in [5, 5.41) is 0. The first-order chi connectivity index (χ1) is 9.79. The summed E-state index contributed by atoms with van der Waals surface area (Å²) in [6.45, 7) is 2.56. The summed E-state index contributed by atoms with van der Waals surface area (Å²) >= 11 is 0. The van der Waals surface area contributed by atoms with Crippen molar-refractivity contribution in [2.45, 2.75) is 32.1 Å². The van der Waals surface area contributed by atoms with Crippen molar-refractivity contribution in [3.8, 4) is 0 Å². The average Bonchev–Trinajstić information content (AvgIpc) is 2.94. The van der Waals surface area contributed by atoms with E-state index >= 15 is 0 Å². The number of nitrogens with zero attached hydrogens (tertiary/aromatic N) is 1. The van der Waals surface area contributed by atoms with E-state index in [4.69, 9.17) is 4.74 Å². The van der Waals surface area contributed by atoms with Crippen LogP contribution < -0.4 is 0 Å². The molecule has 1 saturated heterocycles. The van der Waals surface area contributed by atoms with Gasteiger partial charge in [-0.25, -0.2) is 0 Å². The quantitative estimate of drug-likeness (QED) is 0.716. The molecule has 1 heterocycles. The number of unbranched alkanes of at least 4 members (excludes halogenated alkanes) is 1. The lowest BCUT2D eigenvalue weighted by Gasteiger charge is -2.16. The van der Waals surface area contributed by atoms with Gasteiger partial charge in [-0.15, -0.1) is 0 Å². The standard InChI is InChI=1S/C17H25NO2/c1-20-14-16-11-12-18(13-16)17(19)10-6-5-9-15-7-3-2-4-8-15/h2-4,7-8,16H,5-6,9-14H2,1H3. The van der Waals surface area contributed by atoms with E-state index in [2.05, 4.69) is 24.3 Å². The number of amides is 1. The Bertz CT molecular complexity index is 405. The minimum atomic E-state index is 0.316. The van der Waals surface area contributed by atoms with E-state index in [1.165, 1.54) is 5.56 Å². The summed E-state index contributed by atoms with van der Waals surface area (Å²) in [6.07, 6.45) is 4.92. The molecule has 1 aromatic rings. The highest BCUT2D eigenvalue weighted by molar-refractivity contribution is 5.76. The maximum atomic E-state index is 12.1. The largest absolute Gasteiger partial charge is 0.384 e. The van der Waals surface area contributed by atoms with Crippen LogP contribution in [0.4, 0.5) is 0 Å². The molecular weight excluding hydrogens is 250 g/mol. The third-order valence-electron chi connectivity index (χ3n) is 3.99. The van der Waals surface area contributed by atoms with Gasteiger partial charge in [-0.05, 0) is 31.2 Å². The van der Waals surface area contributed by atoms with E-state index in [1.54, 1.807) is 7.11 Å². The van der Waals surface area contributed by atoms with Crippen molar-refractivity contribution in [2.24, 2.45) is 5.92 Å². The first-order valence-corrected chi connectivity index (χ1v) is 7.60. The van der Waals surface area contributed by atoms with Crippen LogP contribution in [-0.4, -0.2) is 37.6 Å². The Kier molecular flexibility index (Phi) is 6.06. The van der Waals surface area contributed by atoms with Gasteiger partial charge >= 0.3 is 0 Å². The smallest absolute Gasteiger partial charge is 0.222 e. The molecule has 20 heavy (non-hydrogen) atoms. The van der Waals surface area contributed by atoms with Gasteiger partial charge in [-0.2, -0.15) is 0 Å². The molecule has 2 rings (SSSR count). The van der Waals surface area contributed by atoms with Crippen LogP contribution in [0.3, 0.4) is 0 Å². The van der Waals surface area contributed by atoms with Crippen LogP contribution >= 0.6 is 0 Å². The van der Waals surface area contributed by atoms with Gasteiger partial charge in [0, 0.05) is 32.5 Å². The molecule has 1 aliphatic rings. The van der Waals surface area contributed by atoms with Gasteiger partial charge in [-0.1, -0.05) is 30.3 Å². The summed E-state index contributed by atoms with van der Waals surface area (Å²) in [6, 6.07) is 10.5. The summed E-state index contributed by atoms with van der Waals surface area (Å²) in [7, 11) is 1.73. The Hall–Kier alpha value is -1.35. The molecule has 0 aliphatic carbocycles. The summed E-state index contributed by atoms with van der Waals surface area (Å²) in [4.78, 5) is 14.1. The fourth-order valence-corrected chi connectivity index (χ4v) is 2.84. The van der Waals surface area contributed by atoms with Crippen LogP contribution in [0, 0.1) is 5.92 Å². The molecule has 0 radical (unpaired) electrons. The first-order valence-electron chi connectivity index (χ1n) is 7.60. The van der Waals surface area contributed by atoms with Crippen molar-refractivity contribution < 1.29 is 9.53 Å². The van der Waals surface area contributed by atoms with Crippen molar-refractivity contribution in [2.75, 3.05) is 26.8 Å². The lowest BCUT2D eigenvalue weighted by molar-refractivity contribution is -0.130. The molecule has 3 nitrogen and oxygen atoms in total. The maximum absolute atomic E-state index is 12.1. The topological polar surface area (TPSA) is 29.5 Å². The van der Waals surface area contributed by atoms with Crippen LogP contribution in [0.25, 0.3) is 0 Å².